The van der Waals surface area contributed by atoms with Crippen molar-refractivity contribution in [2.24, 2.45) is 0 Å². The summed E-state index contributed by atoms with van der Waals surface area (Å²) in [7, 11) is 0. The van der Waals surface area contributed by atoms with Crippen molar-refractivity contribution in [1.82, 2.24) is 14.9 Å². The zero-order chi connectivity index (χ0) is 19.1. The van der Waals surface area contributed by atoms with E-state index in [4.69, 9.17) is 9.15 Å². The molecule has 1 N–H and O–H groups in total. The van der Waals surface area contributed by atoms with Crippen LogP contribution in [0.5, 0.6) is 0 Å². The van der Waals surface area contributed by atoms with Gasteiger partial charge in [-0.3, -0.25) is 4.79 Å². The van der Waals surface area contributed by atoms with Gasteiger partial charge in [0.2, 0.25) is 11.3 Å². The summed E-state index contributed by atoms with van der Waals surface area (Å²) in [5, 5.41) is 4.00. The lowest BCUT2D eigenvalue weighted by Gasteiger charge is -2.24. The van der Waals surface area contributed by atoms with Gasteiger partial charge in [-0.25, -0.2) is 4.98 Å². The van der Waals surface area contributed by atoms with E-state index >= 15 is 0 Å². The average molecular weight is 375 g/mol. The Labute approximate surface area is 161 Å². The van der Waals surface area contributed by atoms with E-state index in [1.54, 1.807) is 0 Å². The Hall–Kier alpha value is -2.96. The number of aryl methyl sites for hydroxylation is 1. The molecule has 6 heteroatoms. The number of benzene rings is 2. The molecule has 28 heavy (non-hydrogen) atoms. The smallest absolute Gasteiger partial charge is 0.232 e. The molecule has 1 aliphatic rings. The molecule has 5 rings (SSSR count). The van der Waals surface area contributed by atoms with Gasteiger partial charge in [-0.1, -0.05) is 18.2 Å². The van der Waals surface area contributed by atoms with E-state index in [1.165, 1.54) is 0 Å². The van der Waals surface area contributed by atoms with Crippen molar-refractivity contribution in [2.75, 3.05) is 19.7 Å². The van der Waals surface area contributed by atoms with Crippen molar-refractivity contribution in [2.45, 2.75) is 19.6 Å². The summed E-state index contributed by atoms with van der Waals surface area (Å²) in [6.45, 7) is 5.07. The number of morpholine rings is 1. The van der Waals surface area contributed by atoms with Crippen LogP contribution in [0.3, 0.4) is 0 Å². The third-order valence-corrected chi connectivity index (χ3v) is 5.27. The van der Waals surface area contributed by atoms with Crippen LogP contribution in [-0.2, 0) is 11.3 Å². The molecular formula is C22H21N3O3. The molecule has 1 saturated heterocycles. The highest BCUT2D eigenvalue weighted by Gasteiger charge is 2.19. The first-order valence-electron chi connectivity index (χ1n) is 9.60. The highest BCUT2D eigenvalue weighted by Crippen LogP contribution is 2.26. The minimum atomic E-state index is -0.0723. The summed E-state index contributed by atoms with van der Waals surface area (Å²) in [6.07, 6.45) is 1.80. The molecule has 6 nitrogen and oxygen atoms in total. The fourth-order valence-electron chi connectivity index (χ4n) is 3.80. The van der Waals surface area contributed by atoms with Gasteiger partial charge in [0.15, 0.2) is 5.58 Å². The minimum absolute atomic E-state index is 0.0411. The fraction of sp³-hybridized carbons (Fsp3) is 0.273. The fourth-order valence-corrected chi connectivity index (χ4v) is 3.80. The van der Waals surface area contributed by atoms with Crippen LogP contribution in [-0.4, -0.2) is 29.2 Å². The van der Waals surface area contributed by atoms with Gasteiger partial charge in [-0.05, 0) is 36.8 Å². The highest BCUT2D eigenvalue weighted by molar-refractivity contribution is 5.85. The van der Waals surface area contributed by atoms with Gasteiger partial charge in [-0.2, -0.15) is 0 Å². The first kappa shape index (κ1) is 17.2. The van der Waals surface area contributed by atoms with Gasteiger partial charge in [0.05, 0.1) is 18.2 Å². The maximum atomic E-state index is 13.3. The van der Waals surface area contributed by atoms with E-state index in [0.717, 1.165) is 36.2 Å². The first-order valence-corrected chi connectivity index (χ1v) is 9.60. The molecule has 0 spiro atoms. The molecule has 0 radical (unpaired) electrons. The lowest BCUT2D eigenvalue weighted by molar-refractivity contribution is 0.0278. The molecule has 1 unspecified atom stereocenters. The summed E-state index contributed by atoms with van der Waals surface area (Å²) in [5.74, 6) is 0.358. The van der Waals surface area contributed by atoms with Gasteiger partial charge in [0.1, 0.15) is 11.1 Å². The molecule has 0 amide bonds. The number of hydrogen-bond acceptors (Lipinski definition) is 5. The predicted molar refractivity (Wildman–Crippen MR) is 108 cm³/mol. The monoisotopic (exact) mass is 375 g/mol. The average Bonchev–Trinajstić information content (AvgIpc) is 3.18. The Kier molecular flexibility index (Phi) is 4.22. The summed E-state index contributed by atoms with van der Waals surface area (Å²) in [4.78, 5) is 17.9. The Bertz CT molecular complexity index is 1190. The van der Waals surface area contributed by atoms with Crippen LogP contribution in [0.2, 0.25) is 0 Å². The molecule has 1 atom stereocenters. The molecule has 0 bridgehead atoms. The SMILES string of the molecule is CCn1cc(-c2nc3ccccc3o2)c(=O)c2cc(C3CNCCO3)ccc21. The van der Waals surface area contributed by atoms with Crippen molar-refractivity contribution >= 4 is 22.0 Å². The van der Waals surface area contributed by atoms with E-state index in [9.17, 15) is 4.79 Å². The van der Waals surface area contributed by atoms with Crippen LogP contribution in [0, 0.1) is 0 Å². The molecule has 0 saturated carbocycles. The summed E-state index contributed by atoms with van der Waals surface area (Å²) >= 11 is 0. The molecular weight excluding hydrogens is 354 g/mol. The summed E-state index contributed by atoms with van der Waals surface area (Å²) < 4.78 is 13.8. The number of nitrogens with one attached hydrogen (secondary N) is 1. The van der Waals surface area contributed by atoms with Crippen LogP contribution in [0.4, 0.5) is 0 Å². The standard InChI is InChI=1S/C22H21N3O3/c1-2-25-13-16(22-24-17-5-3-4-6-19(17)28-22)21(26)15-11-14(7-8-18(15)25)20-12-23-9-10-27-20/h3-8,11,13,20,23H,2,9-10,12H2,1H3. The zero-order valence-electron chi connectivity index (χ0n) is 15.6. The second kappa shape index (κ2) is 6.89. The van der Waals surface area contributed by atoms with Gasteiger partial charge < -0.3 is 19.0 Å². The highest BCUT2D eigenvalue weighted by atomic mass is 16.5. The molecule has 0 aliphatic carbocycles. The second-order valence-corrected chi connectivity index (χ2v) is 6.98. The Morgan fingerprint density at radius 3 is 2.93 bits per heavy atom. The molecule has 2 aromatic carbocycles. The van der Waals surface area contributed by atoms with Gasteiger partial charge in [-0.15, -0.1) is 0 Å². The number of para-hydroxylation sites is 2. The Morgan fingerprint density at radius 2 is 2.14 bits per heavy atom. The number of rotatable bonds is 3. The lowest BCUT2D eigenvalue weighted by Crippen LogP contribution is -2.33. The van der Waals surface area contributed by atoms with Crippen molar-refractivity contribution in [3.05, 3.63) is 64.4 Å². The van der Waals surface area contributed by atoms with Crippen LogP contribution in [0.1, 0.15) is 18.6 Å². The van der Waals surface area contributed by atoms with E-state index in [1.807, 2.05) is 48.7 Å². The number of ether oxygens (including phenoxy) is 1. The first-order chi connectivity index (χ1) is 13.7. The van der Waals surface area contributed by atoms with Crippen molar-refractivity contribution in [1.29, 1.82) is 0 Å². The molecule has 1 aliphatic heterocycles. The van der Waals surface area contributed by atoms with Crippen molar-refractivity contribution < 1.29 is 9.15 Å². The van der Waals surface area contributed by atoms with Gasteiger partial charge in [0, 0.05) is 31.2 Å². The molecule has 4 aromatic rings. The van der Waals surface area contributed by atoms with Crippen LogP contribution < -0.4 is 10.7 Å². The maximum Gasteiger partial charge on any atom is 0.232 e. The summed E-state index contributed by atoms with van der Waals surface area (Å²) in [6, 6.07) is 13.5. The third kappa shape index (κ3) is 2.82. The summed E-state index contributed by atoms with van der Waals surface area (Å²) in [5.41, 5.74) is 3.74. The van der Waals surface area contributed by atoms with E-state index in [0.29, 0.717) is 29.0 Å². The Morgan fingerprint density at radius 1 is 1.25 bits per heavy atom. The van der Waals surface area contributed by atoms with Crippen LogP contribution >= 0.6 is 0 Å². The van der Waals surface area contributed by atoms with E-state index < -0.39 is 0 Å². The van der Waals surface area contributed by atoms with E-state index in [-0.39, 0.29) is 11.5 Å². The van der Waals surface area contributed by atoms with Crippen molar-refractivity contribution in [3.63, 3.8) is 0 Å². The number of pyridine rings is 1. The minimum Gasteiger partial charge on any atom is -0.436 e. The van der Waals surface area contributed by atoms with Gasteiger partial charge in [0.25, 0.3) is 0 Å². The van der Waals surface area contributed by atoms with Crippen molar-refractivity contribution in [3.8, 4) is 11.5 Å². The largest absolute Gasteiger partial charge is 0.436 e. The molecule has 3 heterocycles. The molecule has 142 valence electrons. The quantitative estimate of drug-likeness (QED) is 0.594. The third-order valence-electron chi connectivity index (χ3n) is 5.27. The van der Waals surface area contributed by atoms with E-state index in [2.05, 4.69) is 21.8 Å². The number of aromatic nitrogens is 2. The second-order valence-electron chi connectivity index (χ2n) is 6.98. The lowest BCUT2D eigenvalue weighted by atomic mass is 10.0. The maximum absolute atomic E-state index is 13.3. The topological polar surface area (TPSA) is 69.3 Å². The van der Waals surface area contributed by atoms with Gasteiger partial charge >= 0.3 is 0 Å². The predicted octanol–water partition coefficient (Wildman–Crippen LogP) is 3.49. The normalized spacial score (nSPS) is 17.4. The molecule has 2 aromatic heterocycles. The molecule has 1 fully saturated rings. The van der Waals surface area contributed by atoms with Crippen LogP contribution in [0.25, 0.3) is 33.5 Å². The number of oxazole rings is 1. The number of hydrogen-bond donors (Lipinski definition) is 1. The Balaban J connectivity index is 1.70. The van der Waals surface area contributed by atoms with Crippen LogP contribution in [0.15, 0.2) is 57.9 Å². The number of fused-ring (bicyclic) bond motifs is 2. The zero-order valence-corrected chi connectivity index (χ0v) is 15.6. The number of nitrogens with zero attached hydrogens (tertiary/aromatic N) is 2.